The Morgan fingerprint density at radius 2 is 2.03 bits per heavy atom. The summed E-state index contributed by atoms with van der Waals surface area (Å²) in [5.41, 5.74) is 0.357. The Hall–Kier alpha value is -2.98. The van der Waals surface area contributed by atoms with Crippen LogP contribution in [-0.4, -0.2) is 42.2 Å². The number of amides is 1. The lowest BCUT2D eigenvalue weighted by molar-refractivity contribution is -0.121. The van der Waals surface area contributed by atoms with E-state index in [0.29, 0.717) is 19.4 Å². The molecular formula is C22H23ClFN5O3S. The molecule has 1 aliphatic heterocycles. The second-order valence-corrected chi connectivity index (χ2v) is 9.95. The van der Waals surface area contributed by atoms with Gasteiger partial charge in [0.05, 0.1) is 15.6 Å². The summed E-state index contributed by atoms with van der Waals surface area (Å²) in [6.07, 6.45) is 3.21. The Kier molecular flexibility index (Phi) is 6.66. The number of nitrogens with zero attached hydrogens (tertiary/aromatic N) is 4. The van der Waals surface area contributed by atoms with Crippen molar-refractivity contribution in [3.05, 3.63) is 59.6 Å². The summed E-state index contributed by atoms with van der Waals surface area (Å²) < 4.78 is 44.7. The number of nitrogens with one attached hydrogen (secondary N) is 1. The molecule has 0 spiro atoms. The van der Waals surface area contributed by atoms with Crippen LogP contribution in [0.15, 0.2) is 53.7 Å². The van der Waals surface area contributed by atoms with Gasteiger partial charge in [0, 0.05) is 24.7 Å². The molecule has 174 valence electrons. The van der Waals surface area contributed by atoms with E-state index in [4.69, 9.17) is 11.6 Å². The molecule has 3 aromatic rings. The maximum atomic E-state index is 14.7. The van der Waals surface area contributed by atoms with Crippen molar-refractivity contribution in [3.63, 3.8) is 0 Å². The van der Waals surface area contributed by atoms with Crippen LogP contribution in [0.2, 0.25) is 5.02 Å². The Bertz CT molecular complexity index is 1270. The van der Waals surface area contributed by atoms with Crippen molar-refractivity contribution in [1.29, 1.82) is 0 Å². The van der Waals surface area contributed by atoms with Crippen LogP contribution in [0.3, 0.4) is 0 Å². The van der Waals surface area contributed by atoms with Gasteiger partial charge in [0.1, 0.15) is 18.2 Å². The number of hydrogen-bond donors (Lipinski definition) is 1. The predicted octanol–water partition coefficient (Wildman–Crippen LogP) is 3.79. The molecule has 2 heterocycles. The smallest absolute Gasteiger partial charge is 0.264 e. The number of halogens is 2. The van der Waals surface area contributed by atoms with Crippen molar-refractivity contribution in [1.82, 2.24) is 20.1 Å². The quantitative estimate of drug-likeness (QED) is 0.517. The first-order chi connectivity index (χ1) is 15.8. The molecule has 8 nitrogen and oxygen atoms in total. The molecule has 0 bridgehead atoms. The number of anilines is 1. The first-order valence-electron chi connectivity index (χ1n) is 10.6. The van der Waals surface area contributed by atoms with E-state index in [0.717, 1.165) is 12.5 Å². The largest absolute Gasteiger partial charge is 0.354 e. The number of unbranched alkanes of at least 4 members (excludes halogenated alkanes) is 1. The van der Waals surface area contributed by atoms with Gasteiger partial charge in [-0.3, -0.25) is 9.10 Å². The van der Waals surface area contributed by atoms with Crippen LogP contribution >= 0.6 is 11.6 Å². The molecule has 0 radical (unpaired) electrons. The van der Waals surface area contributed by atoms with Crippen molar-refractivity contribution in [2.45, 2.75) is 37.1 Å². The fraction of sp³-hybridized carbons (Fsp3) is 0.318. The van der Waals surface area contributed by atoms with Gasteiger partial charge >= 0.3 is 0 Å². The van der Waals surface area contributed by atoms with E-state index in [1.807, 2.05) is 6.92 Å². The Labute approximate surface area is 196 Å². The van der Waals surface area contributed by atoms with Crippen LogP contribution in [0.25, 0.3) is 11.4 Å². The van der Waals surface area contributed by atoms with Gasteiger partial charge < -0.3 is 9.88 Å². The molecule has 1 fully saturated rings. The van der Waals surface area contributed by atoms with Crippen LogP contribution in [0.5, 0.6) is 0 Å². The molecule has 0 aliphatic carbocycles. The first kappa shape index (κ1) is 23.2. The molecule has 1 aromatic heterocycles. The van der Waals surface area contributed by atoms with Gasteiger partial charge in [-0.1, -0.05) is 43.1 Å². The van der Waals surface area contributed by atoms with E-state index in [9.17, 15) is 17.6 Å². The lowest BCUT2D eigenvalue weighted by Gasteiger charge is -2.27. The van der Waals surface area contributed by atoms with Crippen molar-refractivity contribution in [2.75, 3.05) is 17.4 Å². The third-order valence-electron chi connectivity index (χ3n) is 5.52. The molecule has 33 heavy (non-hydrogen) atoms. The predicted molar refractivity (Wildman–Crippen MR) is 123 cm³/mol. The fourth-order valence-electron chi connectivity index (χ4n) is 3.82. The Balaban J connectivity index is 1.91. The second kappa shape index (κ2) is 9.48. The third kappa shape index (κ3) is 4.45. The highest BCUT2D eigenvalue weighted by Gasteiger charge is 2.32. The minimum Gasteiger partial charge on any atom is -0.354 e. The molecule has 0 saturated carbocycles. The van der Waals surface area contributed by atoms with E-state index in [1.54, 1.807) is 22.8 Å². The highest BCUT2D eigenvalue weighted by atomic mass is 35.5. The van der Waals surface area contributed by atoms with Gasteiger partial charge in [0.25, 0.3) is 10.0 Å². The van der Waals surface area contributed by atoms with Gasteiger partial charge in [-0.05, 0) is 31.0 Å². The zero-order chi connectivity index (χ0) is 23.6. The topological polar surface area (TPSA) is 97.2 Å². The maximum Gasteiger partial charge on any atom is 0.264 e. The molecule has 11 heteroatoms. The second-order valence-electron chi connectivity index (χ2n) is 7.68. The first-order valence-corrected chi connectivity index (χ1v) is 12.4. The molecule has 1 amide bonds. The summed E-state index contributed by atoms with van der Waals surface area (Å²) in [7, 11) is -4.03. The number of sulfonamides is 1. The molecule has 1 aliphatic rings. The maximum absolute atomic E-state index is 14.7. The van der Waals surface area contributed by atoms with E-state index in [2.05, 4.69) is 15.5 Å². The average Bonchev–Trinajstić information content (AvgIpc) is 3.45. The van der Waals surface area contributed by atoms with Crippen molar-refractivity contribution in [2.24, 2.45) is 0 Å². The van der Waals surface area contributed by atoms with Gasteiger partial charge in [-0.25, -0.2) is 12.8 Å². The SMILES string of the molecule is CCCCN(c1cc(F)c(Cl)cc1-c1nncn1C1CCNC1=O)S(=O)(=O)c1ccccc1. The molecule has 1 saturated heterocycles. The normalized spacial score (nSPS) is 16.1. The summed E-state index contributed by atoms with van der Waals surface area (Å²) in [6.45, 7) is 2.56. The van der Waals surface area contributed by atoms with Crippen LogP contribution in [-0.2, 0) is 14.8 Å². The molecular weight excluding hydrogens is 469 g/mol. The van der Waals surface area contributed by atoms with E-state index in [-0.39, 0.29) is 39.4 Å². The third-order valence-corrected chi connectivity index (χ3v) is 7.64. The number of hydrogen-bond acceptors (Lipinski definition) is 5. The number of carbonyl (C=O) groups excluding carboxylic acids is 1. The number of carbonyl (C=O) groups is 1. The molecule has 1 N–H and O–H groups in total. The van der Waals surface area contributed by atoms with Gasteiger partial charge in [0.15, 0.2) is 5.82 Å². The molecule has 1 atom stereocenters. The van der Waals surface area contributed by atoms with Crippen molar-refractivity contribution in [3.8, 4) is 11.4 Å². The summed E-state index contributed by atoms with van der Waals surface area (Å²) in [5, 5.41) is 10.7. The lowest BCUT2D eigenvalue weighted by Crippen LogP contribution is -2.33. The van der Waals surface area contributed by atoms with Crippen LogP contribution in [0, 0.1) is 5.82 Å². The van der Waals surface area contributed by atoms with E-state index in [1.165, 1.54) is 28.8 Å². The molecule has 4 rings (SSSR count). The van der Waals surface area contributed by atoms with Crippen molar-refractivity contribution < 1.29 is 17.6 Å². The molecule has 2 aromatic carbocycles. The lowest BCUT2D eigenvalue weighted by atomic mass is 10.1. The summed E-state index contributed by atoms with van der Waals surface area (Å²) in [4.78, 5) is 12.4. The number of aromatic nitrogens is 3. The summed E-state index contributed by atoms with van der Waals surface area (Å²) >= 11 is 6.10. The monoisotopic (exact) mass is 491 g/mol. The van der Waals surface area contributed by atoms with Crippen LogP contribution < -0.4 is 9.62 Å². The Morgan fingerprint density at radius 3 is 2.70 bits per heavy atom. The minimum absolute atomic E-state index is 0.0825. The van der Waals surface area contributed by atoms with Crippen LogP contribution in [0.4, 0.5) is 10.1 Å². The summed E-state index contributed by atoms with van der Waals surface area (Å²) in [6, 6.07) is 9.84. The highest BCUT2D eigenvalue weighted by Crippen LogP contribution is 2.38. The highest BCUT2D eigenvalue weighted by molar-refractivity contribution is 7.92. The number of rotatable bonds is 8. The minimum atomic E-state index is -4.03. The summed E-state index contributed by atoms with van der Waals surface area (Å²) in [5.74, 6) is -0.714. The van der Waals surface area contributed by atoms with E-state index >= 15 is 0 Å². The average molecular weight is 492 g/mol. The van der Waals surface area contributed by atoms with E-state index < -0.39 is 21.9 Å². The van der Waals surface area contributed by atoms with Crippen LogP contribution in [0.1, 0.15) is 32.2 Å². The van der Waals surface area contributed by atoms with Gasteiger partial charge in [-0.2, -0.15) is 0 Å². The fourth-order valence-corrected chi connectivity index (χ4v) is 5.52. The zero-order valence-electron chi connectivity index (χ0n) is 17.9. The van der Waals surface area contributed by atoms with Gasteiger partial charge in [-0.15, -0.1) is 10.2 Å². The standard InChI is InChI=1S/C22H23ClFN5O3S/c1-2-3-11-29(33(31,32)15-7-5-4-6-8-15)20-13-18(24)17(23)12-16(20)21-27-26-14-28(21)19-9-10-25-22(19)30/h4-8,12-14,19H,2-3,9-11H2,1H3,(H,25,30). The van der Waals surface area contributed by atoms with Gasteiger partial charge in [0.2, 0.25) is 5.91 Å². The number of benzene rings is 2. The Morgan fingerprint density at radius 1 is 1.27 bits per heavy atom. The zero-order valence-corrected chi connectivity index (χ0v) is 19.5. The van der Waals surface area contributed by atoms with Crippen molar-refractivity contribution >= 4 is 33.2 Å². The molecule has 1 unspecified atom stereocenters.